The van der Waals surface area contributed by atoms with Crippen molar-refractivity contribution in [3.8, 4) is 0 Å². The van der Waals surface area contributed by atoms with Crippen LogP contribution in [0.25, 0.3) is 0 Å². The van der Waals surface area contributed by atoms with Crippen LogP contribution >= 0.6 is 0 Å². The van der Waals surface area contributed by atoms with E-state index in [1.807, 2.05) is 0 Å². The lowest BCUT2D eigenvalue weighted by molar-refractivity contribution is -0.137. The molecule has 0 radical (unpaired) electrons. The van der Waals surface area contributed by atoms with E-state index in [4.69, 9.17) is 0 Å². The Labute approximate surface area is 161 Å². The van der Waals surface area contributed by atoms with Gasteiger partial charge in [-0.25, -0.2) is 8.42 Å². The van der Waals surface area contributed by atoms with Gasteiger partial charge in [-0.2, -0.15) is 17.5 Å². The molecule has 3 rings (SSSR count). The van der Waals surface area contributed by atoms with Gasteiger partial charge in [0, 0.05) is 12.2 Å². The number of halogens is 3. The number of hydrogen-bond donors (Lipinski definition) is 1. The first-order valence-electron chi connectivity index (χ1n) is 8.74. The number of carbonyl (C=O) groups is 1. The lowest BCUT2D eigenvalue weighted by Gasteiger charge is -2.33. The van der Waals surface area contributed by atoms with Gasteiger partial charge in [0.15, 0.2) is 0 Å². The number of rotatable bonds is 4. The van der Waals surface area contributed by atoms with Crippen LogP contribution in [0.1, 0.15) is 24.8 Å². The van der Waals surface area contributed by atoms with Gasteiger partial charge in [0.05, 0.1) is 10.5 Å². The summed E-state index contributed by atoms with van der Waals surface area (Å²) in [7, 11) is -3.89. The molecule has 0 saturated carbocycles. The number of piperidine rings is 1. The number of nitrogens with one attached hydrogen (secondary N) is 1. The summed E-state index contributed by atoms with van der Waals surface area (Å²) in [6, 6.07) is 11.1. The third-order valence-corrected chi connectivity index (χ3v) is 6.49. The summed E-state index contributed by atoms with van der Waals surface area (Å²) >= 11 is 0. The average Bonchev–Trinajstić information content (AvgIpc) is 2.68. The summed E-state index contributed by atoms with van der Waals surface area (Å²) in [5.74, 6) is -0.640. The highest BCUT2D eigenvalue weighted by molar-refractivity contribution is 7.89. The van der Waals surface area contributed by atoms with Crippen LogP contribution in [0.3, 0.4) is 0 Å². The SMILES string of the molecule is O=C(Nc1cccc(C(F)(F)F)c1)C1CCCCN1S(=O)(=O)c1ccccc1. The van der Waals surface area contributed by atoms with Gasteiger partial charge in [0.2, 0.25) is 15.9 Å². The quantitative estimate of drug-likeness (QED) is 0.829. The van der Waals surface area contributed by atoms with Crippen LogP contribution in [0.4, 0.5) is 18.9 Å². The molecule has 1 aliphatic heterocycles. The molecular formula is C19H19F3N2O3S. The lowest BCUT2D eigenvalue weighted by atomic mass is 10.0. The van der Waals surface area contributed by atoms with Crippen LogP contribution < -0.4 is 5.32 Å². The number of hydrogen-bond acceptors (Lipinski definition) is 3. The summed E-state index contributed by atoms with van der Waals surface area (Å²) in [5, 5.41) is 2.43. The van der Waals surface area contributed by atoms with E-state index in [1.54, 1.807) is 18.2 Å². The molecule has 2 aromatic rings. The molecule has 1 saturated heterocycles. The summed E-state index contributed by atoms with van der Waals surface area (Å²) in [6.45, 7) is 0.178. The number of sulfonamides is 1. The molecule has 0 bridgehead atoms. The molecule has 1 atom stereocenters. The van der Waals surface area contributed by atoms with E-state index in [0.717, 1.165) is 16.4 Å². The van der Waals surface area contributed by atoms with Crippen molar-refractivity contribution in [1.82, 2.24) is 4.31 Å². The molecule has 150 valence electrons. The van der Waals surface area contributed by atoms with Crippen LogP contribution in [-0.4, -0.2) is 31.2 Å². The Bertz CT molecular complexity index is 946. The fraction of sp³-hybridized carbons (Fsp3) is 0.316. The Balaban J connectivity index is 1.84. The predicted molar refractivity (Wildman–Crippen MR) is 98.0 cm³/mol. The Morgan fingerprint density at radius 2 is 1.75 bits per heavy atom. The van der Waals surface area contributed by atoms with Crippen molar-refractivity contribution in [2.45, 2.75) is 36.4 Å². The van der Waals surface area contributed by atoms with Gasteiger partial charge in [0.25, 0.3) is 0 Å². The van der Waals surface area contributed by atoms with Gasteiger partial charge in [-0.05, 0) is 43.2 Å². The highest BCUT2D eigenvalue weighted by atomic mass is 32.2. The molecule has 9 heteroatoms. The Kier molecular flexibility index (Phi) is 5.76. The molecule has 0 spiro atoms. The van der Waals surface area contributed by atoms with Crippen LogP contribution in [0.5, 0.6) is 0 Å². The third kappa shape index (κ3) is 4.36. The number of nitrogens with zero attached hydrogens (tertiary/aromatic N) is 1. The molecule has 1 unspecified atom stereocenters. The van der Waals surface area contributed by atoms with Crippen molar-refractivity contribution < 1.29 is 26.4 Å². The molecule has 1 fully saturated rings. The zero-order valence-corrected chi connectivity index (χ0v) is 15.6. The molecule has 1 heterocycles. The minimum Gasteiger partial charge on any atom is -0.325 e. The minimum absolute atomic E-state index is 0.0255. The highest BCUT2D eigenvalue weighted by Gasteiger charge is 2.38. The fourth-order valence-corrected chi connectivity index (χ4v) is 4.86. The van der Waals surface area contributed by atoms with Crippen molar-refractivity contribution in [2.24, 2.45) is 0 Å². The van der Waals surface area contributed by atoms with E-state index in [2.05, 4.69) is 5.32 Å². The molecule has 1 aliphatic rings. The summed E-state index contributed by atoms with van der Waals surface area (Å²) in [5.41, 5.74) is -0.912. The van der Waals surface area contributed by atoms with Gasteiger partial charge >= 0.3 is 6.18 Å². The van der Waals surface area contributed by atoms with E-state index in [-0.39, 0.29) is 17.1 Å². The van der Waals surface area contributed by atoms with Crippen molar-refractivity contribution >= 4 is 21.6 Å². The molecule has 0 aromatic heterocycles. The smallest absolute Gasteiger partial charge is 0.325 e. The largest absolute Gasteiger partial charge is 0.416 e. The van der Waals surface area contributed by atoms with E-state index in [1.165, 1.54) is 24.3 Å². The van der Waals surface area contributed by atoms with Crippen LogP contribution in [0.2, 0.25) is 0 Å². The molecule has 0 aliphatic carbocycles. The maximum absolute atomic E-state index is 12.9. The molecule has 2 aromatic carbocycles. The normalized spacial score (nSPS) is 18.6. The standard InChI is InChI=1S/C19H19F3N2O3S/c20-19(21,22)14-7-6-8-15(13-14)23-18(25)17-11-4-5-12-24(17)28(26,27)16-9-2-1-3-10-16/h1-3,6-10,13,17H,4-5,11-12H2,(H,23,25). The van der Waals surface area contributed by atoms with Gasteiger partial charge in [-0.15, -0.1) is 0 Å². The zero-order chi connectivity index (χ0) is 20.4. The summed E-state index contributed by atoms with van der Waals surface area (Å²) < 4.78 is 65.6. The van der Waals surface area contributed by atoms with Crippen molar-refractivity contribution in [3.05, 3.63) is 60.2 Å². The van der Waals surface area contributed by atoms with E-state index in [9.17, 15) is 26.4 Å². The fourth-order valence-electron chi connectivity index (χ4n) is 3.18. The number of benzene rings is 2. The second-order valence-electron chi connectivity index (χ2n) is 6.51. The zero-order valence-electron chi connectivity index (χ0n) is 14.8. The van der Waals surface area contributed by atoms with Crippen LogP contribution in [-0.2, 0) is 21.0 Å². The third-order valence-electron chi connectivity index (χ3n) is 4.56. The first-order chi connectivity index (χ1) is 13.2. The maximum Gasteiger partial charge on any atom is 0.416 e. The number of alkyl halides is 3. The van der Waals surface area contributed by atoms with E-state index >= 15 is 0 Å². The predicted octanol–water partition coefficient (Wildman–Crippen LogP) is 3.89. The van der Waals surface area contributed by atoms with Gasteiger partial charge in [0.1, 0.15) is 6.04 Å². The number of amides is 1. The molecule has 1 amide bonds. The summed E-state index contributed by atoms with van der Waals surface area (Å²) in [6.07, 6.45) is -2.97. The van der Waals surface area contributed by atoms with Gasteiger partial charge < -0.3 is 5.32 Å². The van der Waals surface area contributed by atoms with Gasteiger partial charge in [-0.1, -0.05) is 30.7 Å². The molecular weight excluding hydrogens is 393 g/mol. The minimum atomic E-state index is -4.53. The second-order valence-corrected chi connectivity index (χ2v) is 8.40. The van der Waals surface area contributed by atoms with Crippen molar-refractivity contribution in [3.63, 3.8) is 0 Å². The Morgan fingerprint density at radius 3 is 2.43 bits per heavy atom. The summed E-state index contributed by atoms with van der Waals surface area (Å²) in [4.78, 5) is 12.8. The Morgan fingerprint density at radius 1 is 1.04 bits per heavy atom. The topological polar surface area (TPSA) is 66.5 Å². The number of carbonyl (C=O) groups excluding carboxylic acids is 1. The van der Waals surface area contributed by atoms with Crippen molar-refractivity contribution in [1.29, 1.82) is 0 Å². The first kappa shape index (κ1) is 20.3. The molecule has 5 nitrogen and oxygen atoms in total. The number of anilines is 1. The lowest BCUT2D eigenvalue weighted by Crippen LogP contribution is -2.49. The van der Waals surface area contributed by atoms with Crippen LogP contribution in [0, 0.1) is 0 Å². The molecule has 1 N–H and O–H groups in total. The van der Waals surface area contributed by atoms with Crippen LogP contribution in [0.15, 0.2) is 59.5 Å². The van der Waals surface area contributed by atoms with E-state index in [0.29, 0.717) is 19.3 Å². The highest BCUT2D eigenvalue weighted by Crippen LogP contribution is 2.31. The molecule has 28 heavy (non-hydrogen) atoms. The second kappa shape index (κ2) is 7.92. The average molecular weight is 412 g/mol. The van der Waals surface area contributed by atoms with Crippen molar-refractivity contribution in [2.75, 3.05) is 11.9 Å². The van der Waals surface area contributed by atoms with E-state index < -0.39 is 33.7 Å². The first-order valence-corrected chi connectivity index (χ1v) is 10.2. The maximum atomic E-state index is 12.9. The Hall–Kier alpha value is -2.39. The van der Waals surface area contributed by atoms with Gasteiger partial charge in [-0.3, -0.25) is 4.79 Å². The monoisotopic (exact) mass is 412 g/mol.